The first-order chi connectivity index (χ1) is 7.81. The summed E-state index contributed by atoms with van der Waals surface area (Å²) in [5, 5.41) is 17.9. The Kier molecular flexibility index (Phi) is 3.88. The van der Waals surface area contributed by atoms with Crippen LogP contribution in [0, 0.1) is 11.8 Å². The van der Waals surface area contributed by atoms with E-state index in [1.807, 2.05) is 6.07 Å². The van der Waals surface area contributed by atoms with Gasteiger partial charge < -0.3 is 5.11 Å². The number of aromatic nitrogens is 2. The highest BCUT2D eigenvalue weighted by atomic mass is 16.3. The third kappa shape index (κ3) is 2.59. The second-order valence-corrected chi connectivity index (χ2v) is 4.82. The minimum Gasteiger partial charge on any atom is -0.388 e. The molecule has 2 rings (SSSR count). The van der Waals surface area contributed by atoms with Crippen molar-refractivity contribution in [2.24, 2.45) is 11.8 Å². The molecule has 0 amide bonds. The summed E-state index contributed by atoms with van der Waals surface area (Å²) in [6.07, 6.45) is 9.08. The van der Waals surface area contributed by atoms with Gasteiger partial charge in [0.05, 0.1) is 12.3 Å². The van der Waals surface area contributed by atoms with Gasteiger partial charge >= 0.3 is 0 Å². The van der Waals surface area contributed by atoms with Crippen molar-refractivity contribution in [1.82, 2.24) is 10.2 Å². The minimum absolute atomic E-state index is 0.357. The first-order valence-electron chi connectivity index (χ1n) is 6.26. The van der Waals surface area contributed by atoms with Gasteiger partial charge in [0.2, 0.25) is 0 Å². The van der Waals surface area contributed by atoms with Gasteiger partial charge in [0.15, 0.2) is 0 Å². The highest BCUT2D eigenvalue weighted by molar-refractivity contribution is 5.10. The molecular formula is C13H20N2O. The Bertz CT molecular complexity index is 315. The molecule has 0 aromatic carbocycles. The zero-order chi connectivity index (χ0) is 11.4. The standard InChI is InChI=1S/C13H20N2O/c1-2-10-4-3-5-11(8-10)13(16)12-6-7-14-15-9-12/h6-7,9-11,13,16H,2-5,8H2,1H3. The lowest BCUT2D eigenvalue weighted by molar-refractivity contribution is 0.0674. The van der Waals surface area contributed by atoms with Crippen LogP contribution >= 0.6 is 0 Å². The fourth-order valence-electron chi connectivity index (χ4n) is 2.74. The van der Waals surface area contributed by atoms with Crippen molar-refractivity contribution in [2.75, 3.05) is 0 Å². The monoisotopic (exact) mass is 220 g/mol. The van der Waals surface area contributed by atoms with E-state index < -0.39 is 0 Å². The maximum atomic E-state index is 10.3. The molecule has 3 heteroatoms. The van der Waals surface area contributed by atoms with E-state index in [0.717, 1.165) is 24.3 Å². The van der Waals surface area contributed by atoms with Crippen LogP contribution in [0.2, 0.25) is 0 Å². The summed E-state index contributed by atoms with van der Waals surface area (Å²) in [7, 11) is 0. The molecule has 0 bridgehead atoms. The average Bonchev–Trinajstić information content (AvgIpc) is 2.39. The van der Waals surface area contributed by atoms with E-state index in [-0.39, 0.29) is 6.10 Å². The van der Waals surface area contributed by atoms with E-state index in [2.05, 4.69) is 17.1 Å². The first kappa shape index (κ1) is 11.5. The molecule has 1 N–H and O–H groups in total. The molecule has 0 saturated heterocycles. The average molecular weight is 220 g/mol. The van der Waals surface area contributed by atoms with E-state index in [4.69, 9.17) is 0 Å². The van der Waals surface area contributed by atoms with Gasteiger partial charge in [0.1, 0.15) is 0 Å². The van der Waals surface area contributed by atoms with E-state index >= 15 is 0 Å². The van der Waals surface area contributed by atoms with E-state index in [1.165, 1.54) is 19.3 Å². The van der Waals surface area contributed by atoms with Crippen LogP contribution < -0.4 is 0 Å². The Morgan fingerprint density at radius 3 is 3.00 bits per heavy atom. The molecule has 1 aromatic heterocycles. The number of aliphatic hydroxyl groups excluding tert-OH is 1. The maximum Gasteiger partial charge on any atom is 0.0834 e. The summed E-state index contributed by atoms with van der Waals surface area (Å²) in [4.78, 5) is 0. The van der Waals surface area contributed by atoms with Gasteiger partial charge in [0.25, 0.3) is 0 Å². The lowest BCUT2D eigenvalue weighted by atomic mass is 9.76. The molecule has 1 saturated carbocycles. The topological polar surface area (TPSA) is 46.0 Å². The number of aliphatic hydroxyl groups is 1. The molecular weight excluding hydrogens is 200 g/mol. The zero-order valence-corrected chi connectivity index (χ0v) is 9.84. The first-order valence-corrected chi connectivity index (χ1v) is 6.26. The molecule has 1 heterocycles. The Morgan fingerprint density at radius 1 is 1.44 bits per heavy atom. The quantitative estimate of drug-likeness (QED) is 0.852. The SMILES string of the molecule is CCC1CCCC(C(O)c2ccnnc2)C1. The van der Waals surface area contributed by atoms with Gasteiger partial charge in [-0.25, -0.2) is 0 Å². The molecule has 1 aliphatic rings. The smallest absolute Gasteiger partial charge is 0.0834 e. The summed E-state index contributed by atoms with van der Waals surface area (Å²) in [5.74, 6) is 1.20. The molecule has 0 aliphatic heterocycles. The number of rotatable bonds is 3. The molecule has 3 unspecified atom stereocenters. The molecule has 3 nitrogen and oxygen atoms in total. The number of hydrogen-bond acceptors (Lipinski definition) is 3. The maximum absolute atomic E-state index is 10.3. The molecule has 1 aliphatic carbocycles. The molecule has 1 aromatic rings. The largest absolute Gasteiger partial charge is 0.388 e. The highest BCUT2D eigenvalue weighted by Gasteiger charge is 2.27. The van der Waals surface area contributed by atoms with Crippen molar-refractivity contribution in [2.45, 2.75) is 45.1 Å². The van der Waals surface area contributed by atoms with Gasteiger partial charge in [-0.05, 0) is 30.7 Å². The Labute approximate surface area is 96.9 Å². The van der Waals surface area contributed by atoms with Crippen molar-refractivity contribution in [3.8, 4) is 0 Å². The van der Waals surface area contributed by atoms with Crippen molar-refractivity contribution < 1.29 is 5.11 Å². The molecule has 0 radical (unpaired) electrons. The summed E-state index contributed by atoms with van der Waals surface area (Å²) in [6.45, 7) is 2.24. The Hall–Kier alpha value is -0.960. The predicted molar refractivity (Wildman–Crippen MR) is 62.7 cm³/mol. The van der Waals surface area contributed by atoms with E-state index in [0.29, 0.717) is 5.92 Å². The van der Waals surface area contributed by atoms with Crippen LogP contribution in [0.15, 0.2) is 18.5 Å². The van der Waals surface area contributed by atoms with Crippen molar-refractivity contribution in [3.63, 3.8) is 0 Å². The third-order valence-electron chi connectivity index (χ3n) is 3.80. The zero-order valence-electron chi connectivity index (χ0n) is 9.84. The van der Waals surface area contributed by atoms with Gasteiger partial charge in [-0.2, -0.15) is 10.2 Å². The molecule has 16 heavy (non-hydrogen) atoms. The third-order valence-corrected chi connectivity index (χ3v) is 3.80. The van der Waals surface area contributed by atoms with E-state index in [9.17, 15) is 5.11 Å². The lowest BCUT2D eigenvalue weighted by Crippen LogP contribution is -2.21. The van der Waals surface area contributed by atoms with Gasteiger partial charge in [-0.1, -0.05) is 26.2 Å². The molecule has 0 spiro atoms. The van der Waals surface area contributed by atoms with Crippen LogP contribution in [-0.2, 0) is 0 Å². The van der Waals surface area contributed by atoms with Crippen molar-refractivity contribution >= 4 is 0 Å². The molecule has 88 valence electrons. The van der Waals surface area contributed by atoms with Crippen molar-refractivity contribution in [1.29, 1.82) is 0 Å². The second-order valence-electron chi connectivity index (χ2n) is 4.82. The lowest BCUT2D eigenvalue weighted by Gasteiger charge is -2.31. The summed E-state index contributed by atoms with van der Waals surface area (Å²) in [5.41, 5.74) is 0.914. The van der Waals surface area contributed by atoms with Crippen LogP contribution in [0.3, 0.4) is 0 Å². The number of nitrogens with zero attached hydrogens (tertiary/aromatic N) is 2. The second kappa shape index (κ2) is 5.39. The summed E-state index contributed by atoms with van der Waals surface area (Å²) < 4.78 is 0. The van der Waals surface area contributed by atoms with Gasteiger partial charge in [-0.15, -0.1) is 0 Å². The number of hydrogen-bond donors (Lipinski definition) is 1. The Balaban J connectivity index is 2.01. The fraction of sp³-hybridized carbons (Fsp3) is 0.692. The predicted octanol–water partition coefficient (Wildman–Crippen LogP) is 2.73. The normalized spacial score (nSPS) is 27.6. The summed E-state index contributed by atoms with van der Waals surface area (Å²) in [6, 6.07) is 1.87. The van der Waals surface area contributed by atoms with Gasteiger partial charge in [-0.3, -0.25) is 0 Å². The van der Waals surface area contributed by atoms with Crippen LogP contribution in [0.5, 0.6) is 0 Å². The van der Waals surface area contributed by atoms with Gasteiger partial charge in [0, 0.05) is 11.8 Å². The Morgan fingerprint density at radius 2 is 2.31 bits per heavy atom. The highest BCUT2D eigenvalue weighted by Crippen LogP contribution is 2.37. The van der Waals surface area contributed by atoms with Crippen LogP contribution in [0.1, 0.15) is 50.7 Å². The van der Waals surface area contributed by atoms with Crippen molar-refractivity contribution in [3.05, 3.63) is 24.0 Å². The fourth-order valence-corrected chi connectivity index (χ4v) is 2.74. The molecule has 3 atom stereocenters. The van der Waals surface area contributed by atoms with Crippen LogP contribution in [0.25, 0.3) is 0 Å². The summed E-state index contributed by atoms with van der Waals surface area (Å²) >= 11 is 0. The van der Waals surface area contributed by atoms with E-state index in [1.54, 1.807) is 12.4 Å². The minimum atomic E-state index is -0.357. The molecule has 1 fully saturated rings. The van der Waals surface area contributed by atoms with Crippen LogP contribution in [-0.4, -0.2) is 15.3 Å². The van der Waals surface area contributed by atoms with Crippen LogP contribution in [0.4, 0.5) is 0 Å².